The van der Waals surface area contributed by atoms with E-state index in [1.165, 1.54) is 19.1 Å². The van der Waals surface area contributed by atoms with E-state index in [1.807, 2.05) is 27.7 Å². The molecule has 0 amide bonds. The Bertz CT molecular complexity index is 1460. The van der Waals surface area contributed by atoms with E-state index >= 15 is 0 Å². The van der Waals surface area contributed by atoms with E-state index in [1.54, 1.807) is 6.07 Å². The third kappa shape index (κ3) is 3.59. The molecule has 8 heteroatoms. The molecule has 3 heterocycles. The standard InChI is InChI=1S/C27H28O8/c1-11(2)15-10-32-23-12(3)9-17-19(20(23)25(15)33-13(4)28)22(31)18-16(29)8-7-14(24(18)34-17)21(30)26-27(5,6)35-26/h7-9,15,21,25-26,29-30H,1,10H2,2-6H3. The third-order valence-corrected chi connectivity index (χ3v) is 6.95. The zero-order valence-corrected chi connectivity index (χ0v) is 20.3. The van der Waals surface area contributed by atoms with Crippen molar-refractivity contribution in [3.63, 3.8) is 0 Å². The van der Waals surface area contributed by atoms with Crippen LogP contribution in [0, 0.1) is 12.8 Å². The molecule has 2 aliphatic heterocycles. The largest absolute Gasteiger partial charge is 0.507 e. The van der Waals surface area contributed by atoms with Crippen LogP contribution in [0.25, 0.3) is 21.9 Å². The maximum absolute atomic E-state index is 13.9. The highest BCUT2D eigenvalue weighted by Crippen LogP contribution is 2.48. The van der Waals surface area contributed by atoms with E-state index < -0.39 is 35.3 Å². The van der Waals surface area contributed by atoms with Gasteiger partial charge in [-0.25, -0.2) is 0 Å². The van der Waals surface area contributed by atoms with Gasteiger partial charge in [0, 0.05) is 12.5 Å². The first-order valence-corrected chi connectivity index (χ1v) is 11.5. The van der Waals surface area contributed by atoms with Gasteiger partial charge in [0.05, 0.1) is 29.1 Å². The normalized spacial score (nSPS) is 23.4. The molecule has 0 radical (unpaired) electrons. The summed E-state index contributed by atoms with van der Waals surface area (Å²) in [6.07, 6.45) is -2.34. The quantitative estimate of drug-likeness (QED) is 0.245. The maximum atomic E-state index is 13.9. The van der Waals surface area contributed by atoms with Crippen LogP contribution in [0.15, 0.2) is 39.6 Å². The van der Waals surface area contributed by atoms with E-state index in [-0.39, 0.29) is 40.2 Å². The number of rotatable bonds is 4. The first-order chi connectivity index (χ1) is 16.4. The Kier molecular flexibility index (Phi) is 5.23. The van der Waals surface area contributed by atoms with Gasteiger partial charge in [-0.15, -0.1) is 0 Å². The van der Waals surface area contributed by atoms with Crippen LogP contribution >= 0.6 is 0 Å². The Morgan fingerprint density at radius 1 is 1.26 bits per heavy atom. The molecule has 1 aromatic heterocycles. The number of aliphatic hydroxyl groups is 1. The minimum atomic E-state index is -1.06. The average molecular weight is 481 g/mol. The second-order valence-corrected chi connectivity index (χ2v) is 10.00. The van der Waals surface area contributed by atoms with Gasteiger partial charge in [-0.1, -0.05) is 12.2 Å². The van der Waals surface area contributed by atoms with Crippen LogP contribution in [0.1, 0.15) is 56.6 Å². The zero-order valence-electron chi connectivity index (χ0n) is 20.3. The molecule has 0 bridgehead atoms. The van der Waals surface area contributed by atoms with Crippen LogP contribution in [0.4, 0.5) is 0 Å². The number of benzene rings is 2. The first-order valence-electron chi connectivity index (χ1n) is 11.5. The average Bonchev–Trinajstić information content (AvgIpc) is 3.41. The first kappa shape index (κ1) is 23.4. The molecule has 4 unspecified atom stereocenters. The van der Waals surface area contributed by atoms with Crippen molar-refractivity contribution in [2.75, 3.05) is 6.61 Å². The Labute approximate surface area is 201 Å². The molecule has 184 valence electrons. The van der Waals surface area contributed by atoms with Crippen molar-refractivity contribution in [3.8, 4) is 11.5 Å². The highest BCUT2D eigenvalue weighted by atomic mass is 16.6. The van der Waals surface area contributed by atoms with E-state index in [9.17, 15) is 19.8 Å². The number of fused-ring (bicyclic) bond motifs is 4. The topological polar surface area (TPSA) is 119 Å². The number of carbonyl (C=O) groups is 1. The van der Waals surface area contributed by atoms with Crippen LogP contribution in [-0.4, -0.2) is 34.5 Å². The number of hydrogen-bond acceptors (Lipinski definition) is 8. The van der Waals surface area contributed by atoms with Gasteiger partial charge in [0.2, 0.25) is 5.43 Å². The molecular weight excluding hydrogens is 452 g/mol. The molecular formula is C27H28O8. The smallest absolute Gasteiger partial charge is 0.303 e. The highest BCUT2D eigenvalue weighted by molar-refractivity contribution is 5.97. The summed E-state index contributed by atoms with van der Waals surface area (Å²) < 4.78 is 23.5. The molecule has 5 rings (SSSR count). The number of phenolic OH excluding ortho intramolecular Hbond substituents is 1. The van der Waals surface area contributed by atoms with Crippen LogP contribution in [0.2, 0.25) is 0 Å². The molecule has 1 saturated heterocycles. The molecule has 35 heavy (non-hydrogen) atoms. The number of carbonyl (C=O) groups excluding carboxylic acids is 1. The van der Waals surface area contributed by atoms with Gasteiger partial charge >= 0.3 is 5.97 Å². The summed E-state index contributed by atoms with van der Waals surface area (Å²) in [6, 6.07) is 4.57. The number of aryl methyl sites for hydroxylation is 1. The summed E-state index contributed by atoms with van der Waals surface area (Å²) in [4.78, 5) is 26.0. The van der Waals surface area contributed by atoms with Gasteiger partial charge in [-0.3, -0.25) is 9.59 Å². The fourth-order valence-corrected chi connectivity index (χ4v) is 5.04. The van der Waals surface area contributed by atoms with Crippen molar-refractivity contribution in [2.45, 2.75) is 58.5 Å². The van der Waals surface area contributed by atoms with Crippen LogP contribution in [-0.2, 0) is 14.3 Å². The molecule has 0 saturated carbocycles. The Hall–Kier alpha value is -3.36. The Morgan fingerprint density at radius 2 is 1.94 bits per heavy atom. The van der Waals surface area contributed by atoms with Gasteiger partial charge < -0.3 is 28.8 Å². The molecule has 2 aromatic carbocycles. The molecule has 1 fully saturated rings. The molecule has 0 aliphatic carbocycles. The van der Waals surface area contributed by atoms with Crippen LogP contribution in [0.3, 0.4) is 0 Å². The van der Waals surface area contributed by atoms with Gasteiger partial charge in [-0.2, -0.15) is 0 Å². The van der Waals surface area contributed by atoms with Crippen molar-refractivity contribution >= 4 is 27.9 Å². The number of hydrogen-bond donors (Lipinski definition) is 2. The molecule has 4 atom stereocenters. The molecule has 3 aromatic rings. The van der Waals surface area contributed by atoms with Crippen molar-refractivity contribution in [1.82, 2.24) is 0 Å². The van der Waals surface area contributed by atoms with Gasteiger partial charge in [0.25, 0.3) is 0 Å². The second-order valence-electron chi connectivity index (χ2n) is 10.00. The van der Waals surface area contributed by atoms with Gasteiger partial charge in [-0.05, 0) is 51.5 Å². The van der Waals surface area contributed by atoms with Crippen molar-refractivity contribution in [2.24, 2.45) is 5.92 Å². The zero-order chi connectivity index (χ0) is 25.4. The van der Waals surface area contributed by atoms with Gasteiger partial charge in [0.1, 0.15) is 46.4 Å². The van der Waals surface area contributed by atoms with Crippen molar-refractivity contribution in [1.29, 1.82) is 0 Å². The number of esters is 1. The van der Waals surface area contributed by atoms with E-state index in [2.05, 4.69) is 6.58 Å². The summed E-state index contributed by atoms with van der Waals surface area (Å²) in [5, 5.41) is 21.7. The lowest BCUT2D eigenvalue weighted by molar-refractivity contribution is -0.150. The van der Waals surface area contributed by atoms with E-state index in [0.29, 0.717) is 22.4 Å². The lowest BCUT2D eigenvalue weighted by Gasteiger charge is -2.34. The predicted molar refractivity (Wildman–Crippen MR) is 129 cm³/mol. The number of aromatic hydroxyl groups is 1. The molecule has 8 nitrogen and oxygen atoms in total. The van der Waals surface area contributed by atoms with Crippen molar-refractivity contribution < 1.29 is 33.6 Å². The van der Waals surface area contributed by atoms with Gasteiger partial charge in [0.15, 0.2) is 0 Å². The highest BCUT2D eigenvalue weighted by Gasteiger charge is 2.53. The SMILES string of the molecule is C=C(C)C1COc2c(C)cc3oc4c(C(O)C5OC5(C)C)ccc(O)c4c(=O)c3c2C1OC(C)=O. The maximum Gasteiger partial charge on any atom is 0.303 e. The van der Waals surface area contributed by atoms with E-state index in [4.69, 9.17) is 18.6 Å². The monoisotopic (exact) mass is 480 g/mol. The number of phenols is 1. The fourth-order valence-electron chi connectivity index (χ4n) is 5.04. The lowest BCUT2D eigenvalue weighted by atomic mass is 9.85. The number of epoxide rings is 1. The molecule has 2 N–H and O–H groups in total. The summed E-state index contributed by atoms with van der Waals surface area (Å²) in [5.74, 6) is -0.720. The minimum absolute atomic E-state index is 0.0717. The summed E-state index contributed by atoms with van der Waals surface area (Å²) in [5.41, 5.74) is 1.46. The summed E-state index contributed by atoms with van der Waals surface area (Å²) in [7, 11) is 0. The third-order valence-electron chi connectivity index (χ3n) is 6.95. The number of ether oxygens (including phenoxy) is 3. The van der Waals surface area contributed by atoms with Crippen molar-refractivity contribution in [3.05, 3.63) is 57.3 Å². The predicted octanol–water partition coefficient (Wildman–Crippen LogP) is 4.36. The second kappa shape index (κ2) is 7.83. The molecule has 0 spiro atoms. The Balaban J connectivity index is 1.84. The molecule has 2 aliphatic rings. The summed E-state index contributed by atoms with van der Waals surface area (Å²) in [6.45, 7) is 12.9. The van der Waals surface area contributed by atoms with Crippen LogP contribution in [0.5, 0.6) is 11.5 Å². The lowest BCUT2D eigenvalue weighted by Crippen LogP contribution is -2.31. The fraction of sp³-hybridized carbons (Fsp3) is 0.407. The summed E-state index contributed by atoms with van der Waals surface area (Å²) >= 11 is 0. The minimum Gasteiger partial charge on any atom is -0.507 e. The Morgan fingerprint density at radius 3 is 2.54 bits per heavy atom. The van der Waals surface area contributed by atoms with E-state index in [0.717, 1.165) is 5.57 Å². The number of aliphatic hydroxyl groups excluding tert-OH is 1. The van der Waals surface area contributed by atoms with Crippen LogP contribution < -0.4 is 10.2 Å².